The van der Waals surface area contributed by atoms with Gasteiger partial charge in [-0.3, -0.25) is 4.79 Å². The number of hydrogen-bond donors (Lipinski definition) is 0. The number of rotatable bonds is 3. The Morgan fingerprint density at radius 1 is 0.935 bits per heavy atom. The molecule has 6 nitrogen and oxygen atoms in total. The lowest BCUT2D eigenvalue weighted by Gasteiger charge is -2.17. The fourth-order valence-electron chi connectivity index (χ4n) is 3.80. The number of carbonyl (C=O) groups excluding carboxylic acids is 1. The van der Waals surface area contributed by atoms with E-state index in [1.807, 2.05) is 30.3 Å². The van der Waals surface area contributed by atoms with Crippen LogP contribution in [0, 0.1) is 0 Å². The van der Waals surface area contributed by atoms with Crippen molar-refractivity contribution >= 4 is 34.3 Å². The summed E-state index contributed by atoms with van der Waals surface area (Å²) in [5.41, 5.74) is 7.06. The van der Waals surface area contributed by atoms with Crippen molar-refractivity contribution in [1.82, 2.24) is 15.0 Å². The summed E-state index contributed by atoms with van der Waals surface area (Å²) in [6.45, 7) is 4.49. The quantitative estimate of drug-likeness (QED) is 0.447. The molecule has 0 spiro atoms. The zero-order valence-corrected chi connectivity index (χ0v) is 17.4. The van der Waals surface area contributed by atoms with Crippen LogP contribution in [0.25, 0.3) is 22.3 Å². The molecular weight excluding hydrogens is 386 g/mol. The maximum absolute atomic E-state index is 12.1. The van der Waals surface area contributed by atoms with Crippen LogP contribution in [0.2, 0.25) is 0 Å². The molecule has 5 rings (SSSR count). The van der Waals surface area contributed by atoms with E-state index in [0.29, 0.717) is 11.5 Å². The number of hydrogen-bond acceptors (Lipinski definition) is 5. The van der Waals surface area contributed by atoms with Gasteiger partial charge >= 0.3 is 0 Å². The lowest BCUT2D eigenvalue weighted by atomic mass is 10.1. The number of pyridine rings is 1. The molecule has 2 aromatic heterocycles. The van der Waals surface area contributed by atoms with Crippen LogP contribution >= 0.6 is 0 Å². The fraction of sp³-hybridized carbons (Fsp3) is 0.160. The van der Waals surface area contributed by atoms with E-state index in [9.17, 15) is 4.79 Å². The van der Waals surface area contributed by atoms with Crippen molar-refractivity contribution in [3.8, 4) is 11.3 Å². The predicted molar refractivity (Wildman–Crippen MR) is 123 cm³/mol. The molecule has 3 heterocycles. The minimum atomic E-state index is -0.234. The van der Waals surface area contributed by atoms with Gasteiger partial charge in [-0.25, -0.2) is 19.9 Å². The molecule has 0 atom stereocenters. The smallest absolute Gasteiger partial charge is 0.276 e. The second kappa shape index (κ2) is 7.72. The Labute approximate surface area is 180 Å². The topological polar surface area (TPSA) is 71.3 Å². The average Bonchev–Trinajstić information content (AvgIpc) is 3.22. The van der Waals surface area contributed by atoms with Gasteiger partial charge in [0.1, 0.15) is 5.52 Å². The van der Waals surface area contributed by atoms with Gasteiger partial charge in [0.05, 0.1) is 17.4 Å². The molecule has 0 bridgehead atoms. The maximum Gasteiger partial charge on any atom is 0.276 e. The molecule has 0 aliphatic carbocycles. The van der Waals surface area contributed by atoms with E-state index in [4.69, 9.17) is 9.97 Å². The van der Waals surface area contributed by atoms with Crippen molar-refractivity contribution in [2.45, 2.75) is 20.3 Å². The predicted octanol–water partition coefficient (Wildman–Crippen LogP) is 5.01. The van der Waals surface area contributed by atoms with Crippen molar-refractivity contribution in [2.75, 3.05) is 11.4 Å². The van der Waals surface area contributed by atoms with E-state index in [0.717, 1.165) is 41.0 Å². The van der Waals surface area contributed by atoms with Gasteiger partial charge in [0.2, 0.25) is 5.95 Å². The number of para-hydroxylation sites is 1. The molecule has 152 valence electrons. The highest BCUT2D eigenvalue weighted by Gasteiger charge is 2.22. The Morgan fingerprint density at radius 2 is 1.74 bits per heavy atom. The van der Waals surface area contributed by atoms with Crippen LogP contribution in [0.3, 0.4) is 0 Å². The maximum atomic E-state index is 12.1. The molecule has 1 aliphatic rings. The molecule has 31 heavy (non-hydrogen) atoms. The number of amides is 1. The van der Waals surface area contributed by atoms with Crippen LogP contribution in [-0.2, 0) is 6.42 Å². The van der Waals surface area contributed by atoms with Gasteiger partial charge in [-0.05, 0) is 56.2 Å². The van der Waals surface area contributed by atoms with E-state index in [-0.39, 0.29) is 5.91 Å². The summed E-state index contributed by atoms with van der Waals surface area (Å²) in [5.74, 6) is 0.462. The minimum absolute atomic E-state index is 0.234. The van der Waals surface area contributed by atoms with Crippen LogP contribution < -0.4 is 4.90 Å². The molecule has 0 unspecified atom stereocenters. The highest BCUT2D eigenvalue weighted by Crippen LogP contribution is 2.32. The molecule has 6 heteroatoms. The van der Waals surface area contributed by atoms with Gasteiger partial charge in [0.25, 0.3) is 5.91 Å². The number of fused-ring (bicyclic) bond motifs is 2. The summed E-state index contributed by atoms with van der Waals surface area (Å²) >= 11 is 0. The van der Waals surface area contributed by atoms with Crippen molar-refractivity contribution < 1.29 is 4.79 Å². The summed E-state index contributed by atoms with van der Waals surface area (Å²) < 4.78 is 0. The van der Waals surface area contributed by atoms with E-state index < -0.39 is 0 Å². The Hall–Kier alpha value is -3.93. The van der Waals surface area contributed by atoms with E-state index in [1.165, 1.54) is 11.3 Å². The fourth-order valence-corrected chi connectivity index (χ4v) is 3.80. The van der Waals surface area contributed by atoms with Gasteiger partial charge in [-0.15, -0.1) is 0 Å². The Kier molecular flexibility index (Phi) is 4.75. The van der Waals surface area contributed by atoms with Crippen molar-refractivity contribution in [1.29, 1.82) is 0 Å². The highest BCUT2D eigenvalue weighted by molar-refractivity contribution is 6.02. The van der Waals surface area contributed by atoms with E-state index in [2.05, 4.69) is 33.1 Å². The molecule has 1 amide bonds. The first kappa shape index (κ1) is 19.1. The monoisotopic (exact) mass is 407 g/mol. The molecule has 1 aliphatic heterocycles. The third-order valence-corrected chi connectivity index (χ3v) is 5.31. The molecule has 2 aromatic carbocycles. The largest absolute Gasteiger partial charge is 0.310 e. The first-order valence-corrected chi connectivity index (χ1v) is 10.2. The first-order valence-electron chi connectivity index (χ1n) is 10.2. The molecule has 0 saturated heterocycles. The lowest BCUT2D eigenvalue weighted by molar-refractivity contribution is 0.100. The second-order valence-corrected chi connectivity index (χ2v) is 7.74. The van der Waals surface area contributed by atoms with Gasteiger partial charge in [-0.2, -0.15) is 0 Å². The minimum Gasteiger partial charge on any atom is -0.310 e. The Morgan fingerprint density at radius 3 is 2.55 bits per heavy atom. The molecule has 0 N–H and O–H groups in total. The molecule has 0 fully saturated rings. The van der Waals surface area contributed by atoms with Gasteiger partial charge in [0, 0.05) is 29.1 Å². The number of aromatic nitrogens is 3. The van der Waals surface area contributed by atoms with Crippen LogP contribution in [-0.4, -0.2) is 33.1 Å². The van der Waals surface area contributed by atoms with Crippen LogP contribution in [0.1, 0.15) is 29.8 Å². The van der Waals surface area contributed by atoms with E-state index in [1.54, 1.807) is 32.2 Å². The second-order valence-electron chi connectivity index (χ2n) is 7.74. The number of nitrogens with zero attached hydrogens (tertiary/aromatic N) is 5. The van der Waals surface area contributed by atoms with Gasteiger partial charge in [0.15, 0.2) is 0 Å². The number of aliphatic imine (C=N–C) groups is 1. The van der Waals surface area contributed by atoms with Crippen molar-refractivity contribution in [3.63, 3.8) is 0 Å². The SMILES string of the molecule is CC(C)=NC(=O)c1ccc(-c2ccc3nc(N4CCc5ccccc54)ncc3n2)cc1. The van der Waals surface area contributed by atoms with Crippen LogP contribution in [0.15, 0.2) is 71.9 Å². The standard InChI is InChI=1S/C25H21N5O/c1-16(2)27-24(31)19-9-7-17(8-10-19)20-11-12-21-22(28-20)15-26-25(29-21)30-14-13-18-5-3-4-6-23(18)30/h3-12,15H,13-14H2,1-2H3. The summed E-state index contributed by atoms with van der Waals surface area (Å²) in [6.07, 6.45) is 2.77. The highest BCUT2D eigenvalue weighted by atomic mass is 16.1. The van der Waals surface area contributed by atoms with Crippen molar-refractivity contribution in [3.05, 3.63) is 78.0 Å². The number of carbonyl (C=O) groups is 1. The zero-order valence-electron chi connectivity index (χ0n) is 17.4. The Bertz CT molecular complexity index is 1320. The summed E-state index contributed by atoms with van der Waals surface area (Å²) in [5, 5.41) is 0. The number of anilines is 2. The first-order chi connectivity index (χ1) is 15.1. The van der Waals surface area contributed by atoms with Crippen LogP contribution in [0.4, 0.5) is 11.6 Å². The van der Waals surface area contributed by atoms with Gasteiger partial charge in [-0.1, -0.05) is 30.3 Å². The summed E-state index contributed by atoms with van der Waals surface area (Å²) in [7, 11) is 0. The Balaban J connectivity index is 1.43. The summed E-state index contributed by atoms with van der Waals surface area (Å²) in [6, 6.07) is 19.6. The molecular formula is C25H21N5O. The third-order valence-electron chi connectivity index (χ3n) is 5.31. The zero-order chi connectivity index (χ0) is 21.4. The third kappa shape index (κ3) is 3.68. The average molecular weight is 407 g/mol. The summed E-state index contributed by atoms with van der Waals surface area (Å²) in [4.78, 5) is 32.3. The van der Waals surface area contributed by atoms with Gasteiger partial charge < -0.3 is 4.90 Å². The van der Waals surface area contributed by atoms with Crippen molar-refractivity contribution in [2.24, 2.45) is 4.99 Å². The van der Waals surface area contributed by atoms with Crippen LogP contribution in [0.5, 0.6) is 0 Å². The lowest BCUT2D eigenvalue weighted by Crippen LogP contribution is -2.16. The normalized spacial score (nSPS) is 12.6. The number of benzene rings is 2. The van der Waals surface area contributed by atoms with E-state index >= 15 is 0 Å². The molecule has 0 radical (unpaired) electrons. The molecule has 4 aromatic rings. The molecule has 0 saturated carbocycles.